The van der Waals surface area contributed by atoms with Gasteiger partial charge in [0.25, 0.3) is 0 Å². The molecule has 6 nitrogen and oxygen atoms in total. The predicted octanol–water partition coefficient (Wildman–Crippen LogP) is 5.13. The minimum absolute atomic E-state index is 0.497. The van der Waals surface area contributed by atoms with Gasteiger partial charge in [-0.05, 0) is 55.0 Å². The van der Waals surface area contributed by atoms with Crippen molar-refractivity contribution in [2.24, 2.45) is 5.10 Å². The number of aryl methyl sites for hydroxylation is 1. The molecule has 0 aliphatic rings. The Morgan fingerprint density at radius 1 is 0.867 bits per heavy atom. The molecule has 0 heterocycles. The first-order valence-corrected chi connectivity index (χ1v) is 9.70. The second kappa shape index (κ2) is 9.91. The first-order valence-electron chi connectivity index (χ1n) is 8.94. The Hall–Kier alpha value is -3.35. The van der Waals surface area contributed by atoms with Crippen LogP contribution in [0.25, 0.3) is 0 Å². The van der Waals surface area contributed by atoms with Gasteiger partial charge in [0, 0.05) is 32.7 Å². The molecule has 152 valence electrons. The molecule has 3 aromatic carbocycles. The van der Waals surface area contributed by atoms with Crippen molar-refractivity contribution in [2.75, 3.05) is 10.6 Å². The van der Waals surface area contributed by atoms with Crippen LogP contribution in [0.5, 0.6) is 0 Å². The molecule has 0 aliphatic heterocycles. The average Bonchev–Trinajstić information content (AvgIpc) is 2.71. The third kappa shape index (κ3) is 5.83. The van der Waals surface area contributed by atoms with Crippen molar-refractivity contribution in [3.05, 3.63) is 87.9 Å². The lowest BCUT2D eigenvalue weighted by molar-refractivity contribution is -0.136. The van der Waals surface area contributed by atoms with Crippen LogP contribution in [0.2, 0.25) is 10.0 Å². The van der Waals surface area contributed by atoms with E-state index in [0.29, 0.717) is 27.0 Å². The quantitative estimate of drug-likeness (QED) is 0.292. The number of rotatable bonds is 5. The molecule has 0 bridgehead atoms. The van der Waals surface area contributed by atoms with Gasteiger partial charge in [0.05, 0.1) is 6.21 Å². The Bertz CT molecular complexity index is 1120. The van der Waals surface area contributed by atoms with E-state index in [0.717, 1.165) is 11.3 Å². The molecule has 3 aromatic rings. The van der Waals surface area contributed by atoms with Crippen molar-refractivity contribution in [1.82, 2.24) is 5.43 Å². The number of halogens is 2. The molecule has 3 N–H and O–H groups in total. The normalized spacial score (nSPS) is 10.6. The smallest absolute Gasteiger partial charge is 0.329 e. The largest absolute Gasteiger partial charge is 0.355 e. The van der Waals surface area contributed by atoms with Crippen LogP contribution in [-0.4, -0.2) is 18.0 Å². The summed E-state index contributed by atoms with van der Waals surface area (Å²) in [5.41, 5.74) is 5.71. The fourth-order valence-corrected chi connectivity index (χ4v) is 2.95. The maximum atomic E-state index is 12.1. The summed E-state index contributed by atoms with van der Waals surface area (Å²) in [5, 5.41) is 10.7. The van der Waals surface area contributed by atoms with Crippen LogP contribution in [-0.2, 0) is 9.59 Å². The van der Waals surface area contributed by atoms with Gasteiger partial charge < -0.3 is 10.6 Å². The summed E-state index contributed by atoms with van der Waals surface area (Å²) in [6.45, 7) is 1.83. The van der Waals surface area contributed by atoms with E-state index >= 15 is 0 Å². The fourth-order valence-electron chi connectivity index (χ4n) is 2.58. The zero-order valence-corrected chi connectivity index (χ0v) is 17.5. The van der Waals surface area contributed by atoms with Gasteiger partial charge in [0.2, 0.25) is 0 Å². The Morgan fingerprint density at radius 3 is 2.40 bits per heavy atom. The molecule has 0 aliphatic carbocycles. The van der Waals surface area contributed by atoms with Crippen molar-refractivity contribution >= 4 is 58.3 Å². The number of amides is 2. The molecule has 8 heteroatoms. The van der Waals surface area contributed by atoms with Gasteiger partial charge in [-0.2, -0.15) is 5.10 Å². The maximum absolute atomic E-state index is 12.1. The van der Waals surface area contributed by atoms with Crippen molar-refractivity contribution in [2.45, 2.75) is 6.92 Å². The minimum atomic E-state index is -0.888. The summed E-state index contributed by atoms with van der Waals surface area (Å²) in [5.74, 6) is -1.70. The lowest BCUT2D eigenvalue weighted by Gasteiger charge is -2.10. The minimum Gasteiger partial charge on any atom is -0.355 e. The van der Waals surface area contributed by atoms with Gasteiger partial charge in [-0.25, -0.2) is 5.43 Å². The summed E-state index contributed by atoms with van der Waals surface area (Å²) in [4.78, 5) is 24.1. The second-order valence-corrected chi connectivity index (χ2v) is 7.21. The highest BCUT2D eigenvalue weighted by Crippen LogP contribution is 2.24. The zero-order chi connectivity index (χ0) is 21.5. The maximum Gasteiger partial charge on any atom is 0.329 e. The van der Waals surface area contributed by atoms with Crippen LogP contribution in [0.3, 0.4) is 0 Å². The molecular formula is C22H18Cl2N4O2. The Labute approximate surface area is 183 Å². The van der Waals surface area contributed by atoms with E-state index in [4.69, 9.17) is 23.2 Å². The van der Waals surface area contributed by atoms with Gasteiger partial charge in [-0.3, -0.25) is 9.59 Å². The highest BCUT2D eigenvalue weighted by Gasteiger charge is 2.13. The molecular weight excluding hydrogens is 423 g/mol. The number of carbonyl (C=O) groups excluding carboxylic acids is 2. The Morgan fingerprint density at radius 2 is 1.63 bits per heavy atom. The monoisotopic (exact) mass is 440 g/mol. The van der Waals surface area contributed by atoms with Crippen molar-refractivity contribution in [1.29, 1.82) is 0 Å². The van der Waals surface area contributed by atoms with Crippen LogP contribution >= 0.6 is 23.2 Å². The van der Waals surface area contributed by atoms with E-state index in [9.17, 15) is 9.59 Å². The van der Waals surface area contributed by atoms with Gasteiger partial charge in [0.15, 0.2) is 0 Å². The second-order valence-electron chi connectivity index (χ2n) is 6.34. The molecule has 0 saturated carbocycles. The van der Waals surface area contributed by atoms with Crippen molar-refractivity contribution in [3.63, 3.8) is 0 Å². The first kappa shape index (κ1) is 21.4. The molecule has 0 fully saturated rings. The molecule has 0 aromatic heterocycles. The van der Waals surface area contributed by atoms with Gasteiger partial charge >= 0.3 is 11.8 Å². The number of anilines is 3. The number of hydrogen-bond acceptors (Lipinski definition) is 4. The van der Waals surface area contributed by atoms with Gasteiger partial charge in [0.1, 0.15) is 0 Å². The van der Waals surface area contributed by atoms with Gasteiger partial charge in [-0.15, -0.1) is 0 Å². The number of benzene rings is 3. The first-order chi connectivity index (χ1) is 14.4. The van der Waals surface area contributed by atoms with E-state index in [1.807, 2.05) is 31.2 Å². The highest BCUT2D eigenvalue weighted by atomic mass is 35.5. The van der Waals surface area contributed by atoms with E-state index in [2.05, 4.69) is 21.2 Å². The summed E-state index contributed by atoms with van der Waals surface area (Å²) in [6, 6.07) is 19.6. The average molecular weight is 441 g/mol. The number of carbonyl (C=O) groups is 2. The number of nitrogens with zero attached hydrogens (tertiary/aromatic N) is 1. The topological polar surface area (TPSA) is 82.6 Å². The Kier molecular flexibility index (Phi) is 7.06. The number of nitrogens with one attached hydrogen (secondary N) is 3. The molecule has 30 heavy (non-hydrogen) atoms. The van der Waals surface area contributed by atoms with Crippen molar-refractivity contribution < 1.29 is 9.59 Å². The Balaban J connectivity index is 1.68. The number of hydrogen-bond donors (Lipinski definition) is 3. The predicted molar refractivity (Wildman–Crippen MR) is 122 cm³/mol. The standard InChI is InChI=1S/C22H18Cl2N4O2/c1-14-5-2-3-8-19(14)27-21(29)22(30)28-25-13-15-11-17(24)9-10-20(15)26-18-7-4-6-16(23)12-18/h2-13,26H,1H3,(H,27,29)(H,28,30)/b25-13-. The van der Waals surface area contributed by atoms with Gasteiger partial charge in [-0.1, -0.05) is 47.5 Å². The molecule has 0 atom stereocenters. The summed E-state index contributed by atoms with van der Waals surface area (Å²) in [6.07, 6.45) is 1.40. The van der Waals surface area contributed by atoms with Crippen LogP contribution in [0, 0.1) is 6.92 Å². The van der Waals surface area contributed by atoms with Crippen LogP contribution in [0.15, 0.2) is 71.8 Å². The van der Waals surface area contributed by atoms with E-state index in [1.165, 1.54) is 6.21 Å². The van der Waals surface area contributed by atoms with E-state index in [1.54, 1.807) is 42.5 Å². The molecule has 0 spiro atoms. The van der Waals surface area contributed by atoms with E-state index in [-0.39, 0.29) is 0 Å². The lowest BCUT2D eigenvalue weighted by atomic mass is 10.2. The molecule has 2 amide bonds. The van der Waals surface area contributed by atoms with E-state index < -0.39 is 11.8 Å². The fraction of sp³-hybridized carbons (Fsp3) is 0.0455. The zero-order valence-electron chi connectivity index (χ0n) is 15.9. The summed E-state index contributed by atoms with van der Waals surface area (Å²) >= 11 is 12.1. The van der Waals surface area contributed by atoms with Crippen LogP contribution in [0.4, 0.5) is 17.1 Å². The van der Waals surface area contributed by atoms with Crippen LogP contribution in [0.1, 0.15) is 11.1 Å². The van der Waals surface area contributed by atoms with Crippen molar-refractivity contribution in [3.8, 4) is 0 Å². The third-order valence-electron chi connectivity index (χ3n) is 4.09. The third-order valence-corrected chi connectivity index (χ3v) is 4.56. The molecule has 3 rings (SSSR count). The molecule has 0 saturated heterocycles. The molecule has 0 radical (unpaired) electrons. The highest BCUT2D eigenvalue weighted by molar-refractivity contribution is 6.39. The number of hydrazone groups is 1. The SMILES string of the molecule is Cc1ccccc1NC(=O)C(=O)N/N=C\c1cc(Cl)ccc1Nc1cccc(Cl)c1. The van der Waals surface area contributed by atoms with Crippen LogP contribution < -0.4 is 16.1 Å². The summed E-state index contributed by atoms with van der Waals surface area (Å²) in [7, 11) is 0. The molecule has 0 unspecified atom stereocenters. The summed E-state index contributed by atoms with van der Waals surface area (Å²) < 4.78 is 0. The lowest BCUT2D eigenvalue weighted by Crippen LogP contribution is -2.32. The number of para-hydroxylation sites is 1.